The second-order valence-electron chi connectivity index (χ2n) is 9.40. The summed E-state index contributed by atoms with van der Waals surface area (Å²) in [6, 6.07) is 16.8. The smallest absolute Gasteiger partial charge is 0.253 e. The topological polar surface area (TPSA) is 49.3 Å². The van der Waals surface area contributed by atoms with Crippen LogP contribution >= 0.6 is 0 Å². The molecule has 34 heavy (non-hydrogen) atoms. The molecule has 1 aromatic heterocycles. The Hall–Kier alpha value is -3.21. The summed E-state index contributed by atoms with van der Waals surface area (Å²) in [6.07, 6.45) is 4.25. The van der Waals surface area contributed by atoms with E-state index in [0.717, 1.165) is 48.8 Å². The first-order valence-corrected chi connectivity index (χ1v) is 12.5. The fraction of sp³-hybridized carbons (Fsp3) is 0.414. The van der Waals surface area contributed by atoms with Crippen molar-refractivity contribution >= 4 is 11.7 Å². The van der Waals surface area contributed by atoms with E-state index in [2.05, 4.69) is 67.1 Å². The van der Waals surface area contributed by atoms with Crippen molar-refractivity contribution in [2.75, 3.05) is 31.1 Å². The van der Waals surface area contributed by atoms with Crippen LogP contribution in [0.25, 0.3) is 0 Å². The maximum Gasteiger partial charge on any atom is 0.253 e. The second kappa shape index (κ2) is 10.8. The monoisotopic (exact) mass is 456 g/mol. The molecule has 2 aromatic carbocycles. The van der Waals surface area contributed by atoms with Crippen LogP contribution in [0.1, 0.15) is 63.9 Å². The quantitative estimate of drug-likeness (QED) is 0.484. The minimum Gasteiger partial charge on any atom is -0.353 e. The summed E-state index contributed by atoms with van der Waals surface area (Å²) < 4.78 is 0. The average molecular weight is 457 g/mol. The number of aryl methyl sites for hydroxylation is 4. The molecule has 0 saturated carbocycles. The molecule has 1 fully saturated rings. The van der Waals surface area contributed by atoms with Crippen molar-refractivity contribution in [3.05, 3.63) is 87.9 Å². The predicted molar refractivity (Wildman–Crippen MR) is 139 cm³/mol. The van der Waals surface area contributed by atoms with Crippen LogP contribution < -0.4 is 4.90 Å². The molecule has 3 aromatic rings. The Morgan fingerprint density at radius 3 is 2.15 bits per heavy atom. The highest BCUT2D eigenvalue weighted by Gasteiger charge is 2.25. The fourth-order valence-electron chi connectivity index (χ4n) is 4.60. The lowest BCUT2D eigenvalue weighted by Gasteiger charge is -2.36. The average Bonchev–Trinajstić information content (AvgIpc) is 2.85. The summed E-state index contributed by atoms with van der Waals surface area (Å²) in [5, 5.41) is 0. The van der Waals surface area contributed by atoms with Crippen LogP contribution in [-0.4, -0.2) is 47.0 Å². The van der Waals surface area contributed by atoms with Gasteiger partial charge in [-0.15, -0.1) is 0 Å². The fourth-order valence-corrected chi connectivity index (χ4v) is 4.60. The molecule has 0 bridgehead atoms. The summed E-state index contributed by atoms with van der Waals surface area (Å²) in [6.45, 7) is 11.3. The first-order valence-electron chi connectivity index (χ1n) is 12.5. The maximum atomic E-state index is 13.1. The molecule has 1 aliphatic heterocycles. The van der Waals surface area contributed by atoms with Crippen molar-refractivity contribution in [2.45, 2.75) is 53.4 Å². The van der Waals surface area contributed by atoms with Crippen molar-refractivity contribution in [3.8, 4) is 0 Å². The van der Waals surface area contributed by atoms with Crippen molar-refractivity contribution in [2.24, 2.45) is 0 Å². The highest BCUT2D eigenvalue weighted by molar-refractivity contribution is 5.94. The molecule has 0 atom stereocenters. The summed E-state index contributed by atoms with van der Waals surface area (Å²) in [7, 11) is 0. The van der Waals surface area contributed by atoms with E-state index >= 15 is 0 Å². The molecule has 0 radical (unpaired) electrons. The number of amides is 1. The highest BCUT2D eigenvalue weighted by atomic mass is 16.2. The van der Waals surface area contributed by atoms with Crippen molar-refractivity contribution in [3.63, 3.8) is 0 Å². The van der Waals surface area contributed by atoms with Gasteiger partial charge in [0.1, 0.15) is 11.6 Å². The molecule has 4 rings (SSSR count). The number of aromatic nitrogens is 2. The number of nitrogens with zero attached hydrogens (tertiary/aromatic N) is 4. The van der Waals surface area contributed by atoms with Crippen LogP contribution in [0.15, 0.2) is 48.5 Å². The van der Waals surface area contributed by atoms with Crippen molar-refractivity contribution in [1.82, 2.24) is 14.9 Å². The summed E-state index contributed by atoms with van der Waals surface area (Å²) in [4.78, 5) is 26.9. The molecule has 5 heteroatoms. The Morgan fingerprint density at radius 1 is 0.853 bits per heavy atom. The molecule has 0 aliphatic carbocycles. The zero-order valence-corrected chi connectivity index (χ0v) is 21.0. The maximum absolute atomic E-state index is 13.1. The van der Waals surface area contributed by atoms with Crippen LogP contribution in [-0.2, 0) is 12.8 Å². The van der Waals surface area contributed by atoms with Crippen molar-refractivity contribution in [1.29, 1.82) is 0 Å². The van der Waals surface area contributed by atoms with Crippen LogP contribution in [0.2, 0.25) is 0 Å². The van der Waals surface area contributed by atoms with Gasteiger partial charge < -0.3 is 9.80 Å². The first-order chi connectivity index (χ1) is 16.4. The number of piperazine rings is 1. The van der Waals surface area contributed by atoms with Gasteiger partial charge in [0.2, 0.25) is 0 Å². The molecule has 1 amide bonds. The number of hydrogen-bond donors (Lipinski definition) is 0. The van der Waals surface area contributed by atoms with Gasteiger partial charge in [-0.2, -0.15) is 0 Å². The summed E-state index contributed by atoms with van der Waals surface area (Å²) in [5.74, 6) is 1.93. The van der Waals surface area contributed by atoms with Gasteiger partial charge in [0.15, 0.2) is 0 Å². The van der Waals surface area contributed by atoms with Gasteiger partial charge in [0.05, 0.1) is 0 Å². The van der Waals surface area contributed by atoms with E-state index in [0.29, 0.717) is 13.1 Å². The van der Waals surface area contributed by atoms with Crippen molar-refractivity contribution < 1.29 is 4.79 Å². The zero-order chi connectivity index (χ0) is 24.1. The van der Waals surface area contributed by atoms with E-state index < -0.39 is 0 Å². The number of carbonyl (C=O) groups is 1. The Labute approximate surface area is 203 Å². The summed E-state index contributed by atoms with van der Waals surface area (Å²) in [5.41, 5.74) is 6.82. The van der Waals surface area contributed by atoms with E-state index in [-0.39, 0.29) is 5.91 Å². The number of unbranched alkanes of at least 4 members (excludes halogenated alkanes) is 1. The van der Waals surface area contributed by atoms with E-state index in [1.165, 1.54) is 35.1 Å². The molecule has 1 aliphatic rings. The van der Waals surface area contributed by atoms with Crippen LogP contribution in [0.4, 0.5) is 5.82 Å². The Kier molecular flexibility index (Phi) is 7.61. The third kappa shape index (κ3) is 5.64. The van der Waals surface area contributed by atoms with E-state index in [9.17, 15) is 4.79 Å². The number of benzene rings is 2. The number of rotatable bonds is 7. The van der Waals surface area contributed by atoms with Gasteiger partial charge in [-0.1, -0.05) is 55.3 Å². The molecule has 0 spiro atoms. The lowest BCUT2D eigenvalue weighted by Crippen LogP contribution is -2.49. The third-order valence-electron chi connectivity index (χ3n) is 6.69. The van der Waals surface area contributed by atoms with E-state index in [1.807, 2.05) is 24.0 Å². The van der Waals surface area contributed by atoms with Gasteiger partial charge in [-0.05, 0) is 56.9 Å². The van der Waals surface area contributed by atoms with Crippen LogP contribution in [0, 0.1) is 20.8 Å². The highest BCUT2D eigenvalue weighted by Crippen LogP contribution is 2.25. The van der Waals surface area contributed by atoms with Gasteiger partial charge in [0.25, 0.3) is 5.91 Å². The molecular formula is C29H36N4O. The molecule has 178 valence electrons. The zero-order valence-electron chi connectivity index (χ0n) is 21.0. The molecule has 2 heterocycles. The number of anilines is 1. The normalized spacial score (nSPS) is 13.9. The molecule has 0 N–H and O–H groups in total. The SMILES string of the molecule is CCCCc1ccc(C(=O)N2CCN(c3nc(C)nc(C)c3Cc3ccc(C)cc3)CC2)cc1. The predicted octanol–water partition coefficient (Wildman–Crippen LogP) is 5.30. The van der Waals surface area contributed by atoms with Gasteiger partial charge in [-0.3, -0.25) is 4.79 Å². The standard InChI is InChI=1S/C29H36N4O/c1-5-6-7-24-12-14-26(15-13-24)29(34)33-18-16-32(17-19-33)28-27(22(3)30-23(4)31-28)20-25-10-8-21(2)9-11-25/h8-15H,5-7,16-20H2,1-4H3. The van der Waals surface area contributed by atoms with E-state index in [1.54, 1.807) is 0 Å². The molecule has 1 saturated heterocycles. The Bertz CT molecular complexity index is 1110. The third-order valence-corrected chi connectivity index (χ3v) is 6.69. The van der Waals surface area contributed by atoms with E-state index in [4.69, 9.17) is 4.98 Å². The molecular weight excluding hydrogens is 420 g/mol. The number of hydrogen-bond acceptors (Lipinski definition) is 4. The number of carbonyl (C=O) groups excluding carboxylic acids is 1. The minimum atomic E-state index is 0.122. The lowest BCUT2D eigenvalue weighted by molar-refractivity contribution is 0.0746. The Balaban J connectivity index is 1.45. The largest absolute Gasteiger partial charge is 0.353 e. The summed E-state index contributed by atoms with van der Waals surface area (Å²) >= 11 is 0. The second-order valence-corrected chi connectivity index (χ2v) is 9.40. The first kappa shape index (κ1) is 23.9. The Morgan fingerprint density at radius 2 is 1.50 bits per heavy atom. The lowest BCUT2D eigenvalue weighted by atomic mass is 10.0. The minimum absolute atomic E-state index is 0.122. The molecule has 0 unspecified atom stereocenters. The van der Waals surface area contributed by atoms with Gasteiger partial charge in [-0.25, -0.2) is 9.97 Å². The van der Waals surface area contributed by atoms with Gasteiger partial charge in [0, 0.05) is 49.4 Å². The van der Waals surface area contributed by atoms with Crippen LogP contribution in [0.3, 0.4) is 0 Å². The molecule has 5 nitrogen and oxygen atoms in total. The van der Waals surface area contributed by atoms with Gasteiger partial charge >= 0.3 is 0 Å². The van der Waals surface area contributed by atoms with Crippen LogP contribution in [0.5, 0.6) is 0 Å².